The highest BCUT2D eigenvalue weighted by Crippen LogP contribution is 2.38. The van der Waals surface area contributed by atoms with Crippen molar-refractivity contribution in [2.75, 3.05) is 26.2 Å². The molecule has 2 saturated heterocycles. The van der Waals surface area contributed by atoms with Crippen molar-refractivity contribution in [1.82, 2.24) is 9.80 Å². The molecule has 1 spiro atoms. The second-order valence-corrected chi connectivity index (χ2v) is 7.72. The molecule has 3 fully saturated rings. The minimum absolute atomic E-state index is 0. The van der Waals surface area contributed by atoms with Gasteiger partial charge in [-0.05, 0) is 44.6 Å². The molecule has 1 aromatic rings. The zero-order chi connectivity index (χ0) is 16.6. The van der Waals surface area contributed by atoms with Crippen LogP contribution in [0.3, 0.4) is 0 Å². The highest BCUT2D eigenvalue weighted by Gasteiger charge is 2.48. The Morgan fingerprint density at radius 1 is 1.16 bits per heavy atom. The average Bonchev–Trinajstić information content (AvgIpc) is 3.44. The number of likely N-dealkylation sites (tertiary alicyclic amines) is 1. The summed E-state index contributed by atoms with van der Waals surface area (Å²) in [6, 6.07) is 11.2. The fourth-order valence-electron chi connectivity index (χ4n) is 4.17. The van der Waals surface area contributed by atoms with Crippen LogP contribution in [0.15, 0.2) is 30.3 Å². The molecule has 1 unspecified atom stereocenters. The average molecular weight is 365 g/mol. The lowest BCUT2D eigenvalue weighted by atomic mass is 9.88. The van der Waals surface area contributed by atoms with Crippen molar-refractivity contribution >= 4 is 18.3 Å². The van der Waals surface area contributed by atoms with Crippen LogP contribution in [-0.2, 0) is 16.0 Å². The van der Waals surface area contributed by atoms with Gasteiger partial charge in [-0.1, -0.05) is 30.3 Å². The van der Waals surface area contributed by atoms with Gasteiger partial charge in [-0.3, -0.25) is 4.79 Å². The van der Waals surface area contributed by atoms with E-state index in [2.05, 4.69) is 40.1 Å². The Morgan fingerprint density at radius 3 is 2.48 bits per heavy atom. The number of nitrogens with zero attached hydrogens (tertiary/aromatic N) is 2. The molecule has 0 radical (unpaired) electrons. The van der Waals surface area contributed by atoms with Crippen LogP contribution < -0.4 is 0 Å². The summed E-state index contributed by atoms with van der Waals surface area (Å²) in [5, 5.41) is 0. The van der Waals surface area contributed by atoms with E-state index in [0.717, 1.165) is 45.4 Å². The molecule has 4 rings (SSSR count). The van der Waals surface area contributed by atoms with E-state index < -0.39 is 0 Å². The summed E-state index contributed by atoms with van der Waals surface area (Å²) in [6.45, 7) is 6.01. The van der Waals surface area contributed by atoms with E-state index in [1.165, 1.54) is 18.4 Å². The normalized spacial score (nSPS) is 26.5. The predicted octanol–water partition coefficient (Wildman–Crippen LogP) is 2.90. The maximum atomic E-state index is 12.3. The minimum atomic E-state index is -0.268. The van der Waals surface area contributed by atoms with Crippen molar-refractivity contribution in [2.24, 2.45) is 0 Å². The third-order valence-electron chi connectivity index (χ3n) is 5.83. The van der Waals surface area contributed by atoms with E-state index >= 15 is 0 Å². The quantitative estimate of drug-likeness (QED) is 0.823. The summed E-state index contributed by atoms with van der Waals surface area (Å²) in [5.41, 5.74) is 1.31. The van der Waals surface area contributed by atoms with E-state index in [1.807, 2.05) is 6.92 Å². The first-order valence-corrected chi connectivity index (χ1v) is 9.40. The van der Waals surface area contributed by atoms with Crippen LogP contribution in [0.2, 0.25) is 0 Å². The van der Waals surface area contributed by atoms with Gasteiger partial charge in [-0.15, -0.1) is 12.4 Å². The SMILES string of the molecule is CC1OC2(CCN(CCc3ccccc3)CC2)CN(C2CC2)C1=O.Cl. The van der Waals surface area contributed by atoms with Crippen molar-refractivity contribution in [1.29, 1.82) is 0 Å². The Labute approximate surface area is 156 Å². The smallest absolute Gasteiger partial charge is 0.251 e. The molecule has 0 aromatic heterocycles. The molecule has 1 amide bonds. The molecule has 5 heteroatoms. The van der Waals surface area contributed by atoms with Gasteiger partial charge in [-0.2, -0.15) is 0 Å². The van der Waals surface area contributed by atoms with Gasteiger partial charge in [0.05, 0.1) is 12.1 Å². The molecule has 2 heterocycles. The van der Waals surface area contributed by atoms with Crippen LogP contribution in [0.1, 0.15) is 38.2 Å². The highest BCUT2D eigenvalue weighted by atomic mass is 35.5. The molecule has 4 nitrogen and oxygen atoms in total. The van der Waals surface area contributed by atoms with Gasteiger partial charge in [0.2, 0.25) is 0 Å². The number of hydrogen-bond acceptors (Lipinski definition) is 3. The minimum Gasteiger partial charge on any atom is -0.360 e. The first-order chi connectivity index (χ1) is 11.7. The monoisotopic (exact) mass is 364 g/mol. The molecule has 1 aromatic carbocycles. The first-order valence-electron chi connectivity index (χ1n) is 9.40. The molecule has 1 atom stereocenters. The Kier molecular flexibility index (Phi) is 5.71. The summed E-state index contributed by atoms with van der Waals surface area (Å²) < 4.78 is 6.23. The number of rotatable bonds is 4. The number of amides is 1. The van der Waals surface area contributed by atoms with Crippen molar-refractivity contribution in [2.45, 2.75) is 56.8 Å². The third kappa shape index (κ3) is 4.18. The summed E-state index contributed by atoms with van der Waals surface area (Å²) in [6.07, 6.45) is 5.29. The zero-order valence-corrected chi connectivity index (χ0v) is 15.8. The summed E-state index contributed by atoms with van der Waals surface area (Å²) in [4.78, 5) is 17.0. The molecular formula is C20H29ClN2O2. The lowest BCUT2D eigenvalue weighted by Gasteiger charge is -2.49. The lowest BCUT2D eigenvalue weighted by Crippen LogP contribution is -2.61. The van der Waals surface area contributed by atoms with E-state index in [4.69, 9.17) is 4.74 Å². The van der Waals surface area contributed by atoms with Gasteiger partial charge in [0.15, 0.2) is 0 Å². The van der Waals surface area contributed by atoms with Gasteiger partial charge in [0, 0.05) is 25.7 Å². The third-order valence-corrected chi connectivity index (χ3v) is 5.83. The second kappa shape index (κ2) is 7.65. The summed E-state index contributed by atoms with van der Waals surface area (Å²) in [7, 11) is 0. The van der Waals surface area contributed by atoms with Crippen molar-refractivity contribution in [3.05, 3.63) is 35.9 Å². The largest absolute Gasteiger partial charge is 0.360 e. The Morgan fingerprint density at radius 2 is 1.84 bits per heavy atom. The van der Waals surface area contributed by atoms with Crippen LogP contribution in [0.4, 0.5) is 0 Å². The number of ether oxygens (including phenoxy) is 1. The van der Waals surface area contributed by atoms with Gasteiger partial charge in [0.1, 0.15) is 6.10 Å². The van der Waals surface area contributed by atoms with Crippen LogP contribution in [0.25, 0.3) is 0 Å². The fourth-order valence-corrected chi connectivity index (χ4v) is 4.17. The molecule has 25 heavy (non-hydrogen) atoms. The van der Waals surface area contributed by atoms with Crippen molar-refractivity contribution in [3.63, 3.8) is 0 Å². The topological polar surface area (TPSA) is 32.8 Å². The van der Waals surface area contributed by atoms with Crippen molar-refractivity contribution < 1.29 is 9.53 Å². The maximum Gasteiger partial charge on any atom is 0.251 e. The molecule has 2 aliphatic heterocycles. The van der Waals surface area contributed by atoms with Crippen LogP contribution in [-0.4, -0.2) is 59.6 Å². The number of benzene rings is 1. The summed E-state index contributed by atoms with van der Waals surface area (Å²) >= 11 is 0. The molecular weight excluding hydrogens is 336 g/mol. The van der Waals surface area contributed by atoms with Crippen LogP contribution in [0, 0.1) is 0 Å². The van der Waals surface area contributed by atoms with Crippen LogP contribution >= 0.6 is 12.4 Å². The number of hydrogen-bond donors (Lipinski definition) is 0. The van der Waals surface area contributed by atoms with E-state index in [-0.39, 0.29) is 30.0 Å². The molecule has 1 aliphatic carbocycles. The molecule has 138 valence electrons. The summed E-state index contributed by atoms with van der Waals surface area (Å²) in [5.74, 6) is 0.203. The molecule has 0 bridgehead atoms. The van der Waals surface area contributed by atoms with Gasteiger partial charge < -0.3 is 14.5 Å². The number of carbonyl (C=O) groups is 1. The lowest BCUT2D eigenvalue weighted by molar-refractivity contribution is -0.190. The first kappa shape index (κ1) is 18.7. The van der Waals surface area contributed by atoms with Crippen LogP contribution in [0.5, 0.6) is 0 Å². The number of carbonyl (C=O) groups excluding carboxylic acids is 1. The molecule has 1 saturated carbocycles. The Bertz CT molecular complexity index is 583. The fraction of sp³-hybridized carbons (Fsp3) is 0.650. The maximum absolute atomic E-state index is 12.3. The number of piperidine rings is 1. The second-order valence-electron chi connectivity index (χ2n) is 7.72. The Balaban J connectivity index is 0.00000182. The highest BCUT2D eigenvalue weighted by molar-refractivity contribution is 5.85. The van der Waals surface area contributed by atoms with Gasteiger partial charge in [0.25, 0.3) is 5.91 Å². The predicted molar refractivity (Wildman–Crippen MR) is 101 cm³/mol. The van der Waals surface area contributed by atoms with E-state index in [0.29, 0.717) is 6.04 Å². The van der Waals surface area contributed by atoms with E-state index in [1.54, 1.807) is 0 Å². The van der Waals surface area contributed by atoms with Crippen molar-refractivity contribution in [3.8, 4) is 0 Å². The zero-order valence-electron chi connectivity index (χ0n) is 15.0. The Hall–Kier alpha value is -1.10. The standard InChI is InChI=1S/C20H28N2O2.ClH/c1-16-19(23)22(18-7-8-18)15-20(24-16)10-13-21(14-11-20)12-9-17-5-3-2-4-6-17;/h2-6,16,18H,7-15H2,1H3;1H. The van der Waals surface area contributed by atoms with Gasteiger partial charge >= 0.3 is 0 Å². The number of morpholine rings is 1. The molecule has 3 aliphatic rings. The number of halogens is 1. The molecule has 0 N–H and O–H groups in total. The van der Waals surface area contributed by atoms with E-state index in [9.17, 15) is 4.79 Å². The van der Waals surface area contributed by atoms with Gasteiger partial charge in [-0.25, -0.2) is 0 Å².